The van der Waals surface area contributed by atoms with Crippen molar-refractivity contribution >= 4 is 38.9 Å². The summed E-state index contributed by atoms with van der Waals surface area (Å²) in [6.07, 6.45) is 3.54. The topological polar surface area (TPSA) is 101 Å². The van der Waals surface area contributed by atoms with Gasteiger partial charge in [-0.3, -0.25) is 9.11 Å². The number of fused-ring (bicyclic) bond motifs is 3. The Labute approximate surface area is 119 Å². The zero-order valence-electron chi connectivity index (χ0n) is 10.5. The first-order chi connectivity index (χ1) is 9.95. The number of pyridine rings is 1. The summed E-state index contributed by atoms with van der Waals surface area (Å²) in [7, 11) is -4.67. The van der Waals surface area contributed by atoms with Crippen molar-refractivity contribution in [2.24, 2.45) is 4.99 Å². The Balaban J connectivity index is 0.000000233. The van der Waals surface area contributed by atoms with Gasteiger partial charge in [0.25, 0.3) is 0 Å². The summed E-state index contributed by atoms with van der Waals surface area (Å²) < 4.78 is 39.2. The molecule has 0 saturated carbocycles. The van der Waals surface area contributed by atoms with E-state index in [1.54, 1.807) is 0 Å². The third-order valence-electron chi connectivity index (χ3n) is 2.96. The maximum atomic E-state index is 8.74. The van der Waals surface area contributed by atoms with E-state index < -0.39 is 10.4 Å². The Bertz CT molecular complexity index is 951. The predicted molar refractivity (Wildman–Crippen MR) is 77.9 cm³/mol. The minimum Gasteiger partial charge on any atom is -0.443 e. The van der Waals surface area contributed by atoms with Gasteiger partial charge in [-0.2, -0.15) is 8.42 Å². The lowest BCUT2D eigenvalue weighted by Crippen LogP contribution is -1.94. The predicted octanol–water partition coefficient (Wildman–Crippen LogP) is 2.49. The Morgan fingerprint density at radius 3 is 2.57 bits per heavy atom. The molecule has 108 valence electrons. The van der Waals surface area contributed by atoms with Crippen LogP contribution in [0.1, 0.15) is 0 Å². The first-order valence-corrected chi connectivity index (χ1v) is 7.26. The summed E-state index contributed by atoms with van der Waals surface area (Å²) >= 11 is 0. The number of aromatic nitrogens is 1. The molecule has 7 nitrogen and oxygen atoms in total. The number of nitrogens with zero attached hydrogens (tertiary/aromatic N) is 2. The van der Waals surface area contributed by atoms with Gasteiger partial charge in [-0.05, 0) is 24.3 Å². The summed E-state index contributed by atoms with van der Waals surface area (Å²) in [4.78, 5) is 4.24. The third kappa shape index (κ3) is 2.59. The van der Waals surface area contributed by atoms with Crippen LogP contribution in [0.2, 0.25) is 0 Å². The van der Waals surface area contributed by atoms with Gasteiger partial charge in [0.1, 0.15) is 5.52 Å². The first-order valence-electron chi connectivity index (χ1n) is 5.86. The van der Waals surface area contributed by atoms with Crippen molar-refractivity contribution in [3.8, 4) is 5.75 Å². The highest BCUT2D eigenvalue weighted by Gasteiger charge is 2.17. The Morgan fingerprint density at radius 1 is 1.10 bits per heavy atom. The molecule has 0 radical (unpaired) electrons. The van der Waals surface area contributed by atoms with E-state index in [4.69, 9.17) is 22.3 Å². The number of rotatable bonds is 0. The van der Waals surface area contributed by atoms with Crippen LogP contribution in [-0.2, 0) is 10.4 Å². The van der Waals surface area contributed by atoms with E-state index >= 15 is 0 Å². The fraction of sp³-hybridized carbons (Fsp3) is 0. The molecule has 21 heavy (non-hydrogen) atoms. The van der Waals surface area contributed by atoms with Gasteiger partial charge >= 0.3 is 10.4 Å². The third-order valence-corrected chi connectivity index (χ3v) is 2.96. The lowest BCUT2D eigenvalue weighted by atomic mass is 10.2. The molecule has 3 heterocycles. The Morgan fingerprint density at radius 2 is 1.81 bits per heavy atom. The zero-order valence-corrected chi connectivity index (χ0v) is 11.4. The molecule has 0 atom stereocenters. The van der Waals surface area contributed by atoms with Crippen LogP contribution in [0, 0.1) is 0 Å². The highest BCUT2D eigenvalue weighted by Crippen LogP contribution is 2.40. The minimum atomic E-state index is -4.67. The molecule has 0 aliphatic carbocycles. The van der Waals surface area contributed by atoms with Crippen molar-refractivity contribution in [1.29, 1.82) is 0 Å². The molecule has 1 aromatic carbocycles. The summed E-state index contributed by atoms with van der Waals surface area (Å²) in [5.74, 6) is 0.904. The molecule has 2 aromatic heterocycles. The second kappa shape index (κ2) is 4.85. The van der Waals surface area contributed by atoms with Crippen LogP contribution in [0.4, 0.5) is 5.69 Å². The fourth-order valence-electron chi connectivity index (χ4n) is 2.29. The average Bonchev–Trinajstić information content (AvgIpc) is 2.75. The number of hydrogen-bond donors (Lipinski definition) is 2. The smallest absolute Gasteiger partial charge is 0.394 e. The van der Waals surface area contributed by atoms with Gasteiger partial charge in [0.2, 0.25) is 0 Å². The molecule has 0 saturated heterocycles. The van der Waals surface area contributed by atoms with Gasteiger partial charge in [0.05, 0.1) is 11.2 Å². The van der Waals surface area contributed by atoms with E-state index in [1.807, 2.05) is 30.5 Å². The van der Waals surface area contributed by atoms with Gasteiger partial charge < -0.3 is 9.14 Å². The van der Waals surface area contributed by atoms with Crippen molar-refractivity contribution in [3.05, 3.63) is 42.6 Å². The monoisotopic (exact) mass is 306 g/mol. The van der Waals surface area contributed by atoms with Gasteiger partial charge in [0.15, 0.2) is 12.2 Å². The van der Waals surface area contributed by atoms with Crippen molar-refractivity contribution in [2.75, 3.05) is 0 Å². The van der Waals surface area contributed by atoms with Crippen LogP contribution >= 0.6 is 0 Å². The summed E-state index contributed by atoms with van der Waals surface area (Å²) in [6.45, 7) is 0. The number of para-hydroxylation sites is 1. The van der Waals surface area contributed by atoms with Crippen LogP contribution in [0.3, 0.4) is 0 Å². The second-order valence-corrected chi connectivity index (χ2v) is 5.15. The molecule has 0 spiro atoms. The summed E-state index contributed by atoms with van der Waals surface area (Å²) in [6, 6.07) is 12.2. The van der Waals surface area contributed by atoms with E-state index in [-0.39, 0.29) is 0 Å². The van der Waals surface area contributed by atoms with Gasteiger partial charge in [-0.15, -0.1) is 0 Å². The molecular weight excluding hydrogens is 296 g/mol. The molecule has 0 unspecified atom stereocenters. The lowest BCUT2D eigenvalue weighted by molar-refractivity contribution is 0.381. The van der Waals surface area contributed by atoms with Crippen LogP contribution in [-0.4, -0.2) is 28.3 Å². The highest BCUT2D eigenvalue weighted by molar-refractivity contribution is 7.79. The van der Waals surface area contributed by atoms with E-state index in [2.05, 4.69) is 21.5 Å². The van der Waals surface area contributed by atoms with E-state index in [1.165, 1.54) is 6.40 Å². The second-order valence-electron chi connectivity index (χ2n) is 4.26. The first kappa shape index (κ1) is 13.6. The normalized spacial score (nSPS) is 12.9. The zero-order chi connectivity index (χ0) is 15.0. The van der Waals surface area contributed by atoms with Crippen LogP contribution < -0.4 is 4.74 Å². The molecule has 2 N–H and O–H groups in total. The number of benzene rings is 1. The SMILES string of the molecule is C1=Nc2cccn3c2c(c2ccccc23)O1.O=S(=O)(O)O. The van der Waals surface area contributed by atoms with E-state index in [9.17, 15) is 0 Å². The molecule has 1 aliphatic rings. The van der Waals surface area contributed by atoms with Gasteiger partial charge in [-0.1, -0.05) is 12.1 Å². The highest BCUT2D eigenvalue weighted by atomic mass is 32.3. The number of ether oxygens (including phenoxy) is 1. The Kier molecular flexibility index (Phi) is 3.13. The standard InChI is InChI=1S/C13H8N2O.H2O4S/c1-2-6-11-9(4-1)13-12-10(14-8-16-13)5-3-7-15(11)12;1-5(2,3)4/h1-8H;(H2,1,2,3,4). The molecule has 8 heteroatoms. The van der Waals surface area contributed by atoms with Crippen LogP contribution in [0.5, 0.6) is 5.75 Å². The lowest BCUT2D eigenvalue weighted by Gasteiger charge is -2.06. The number of hydrogen-bond acceptors (Lipinski definition) is 4. The summed E-state index contributed by atoms with van der Waals surface area (Å²) in [5, 5.41) is 1.13. The van der Waals surface area contributed by atoms with Crippen LogP contribution in [0.25, 0.3) is 16.4 Å². The average molecular weight is 306 g/mol. The fourth-order valence-corrected chi connectivity index (χ4v) is 2.29. The molecule has 0 bridgehead atoms. The van der Waals surface area contributed by atoms with E-state index in [0.717, 1.165) is 27.9 Å². The molecule has 1 aliphatic heterocycles. The molecule has 3 aromatic rings. The van der Waals surface area contributed by atoms with Crippen LogP contribution in [0.15, 0.2) is 47.6 Å². The maximum Gasteiger partial charge on any atom is 0.394 e. The quantitative estimate of drug-likeness (QED) is 0.621. The Hall–Kier alpha value is -2.42. The van der Waals surface area contributed by atoms with Gasteiger partial charge in [0, 0.05) is 11.6 Å². The minimum absolute atomic E-state index is 0.904. The van der Waals surface area contributed by atoms with Crippen molar-refractivity contribution in [1.82, 2.24) is 4.40 Å². The molecular formula is C13H10N2O5S. The van der Waals surface area contributed by atoms with Gasteiger partial charge in [-0.25, -0.2) is 4.99 Å². The van der Waals surface area contributed by atoms with Crippen molar-refractivity contribution < 1.29 is 22.3 Å². The van der Waals surface area contributed by atoms with Crippen molar-refractivity contribution in [2.45, 2.75) is 0 Å². The number of aliphatic imine (C=N–C) groups is 1. The largest absolute Gasteiger partial charge is 0.443 e. The molecule has 4 rings (SSSR count). The molecule has 0 fully saturated rings. The maximum absolute atomic E-state index is 8.74. The van der Waals surface area contributed by atoms with Crippen molar-refractivity contribution in [3.63, 3.8) is 0 Å². The molecule has 0 amide bonds. The summed E-state index contributed by atoms with van der Waals surface area (Å²) in [5.41, 5.74) is 3.16. The van der Waals surface area contributed by atoms with E-state index in [0.29, 0.717) is 0 Å².